The van der Waals surface area contributed by atoms with Crippen LogP contribution in [0, 0.1) is 6.92 Å². The Hall–Kier alpha value is -1.92. The van der Waals surface area contributed by atoms with E-state index in [9.17, 15) is 5.11 Å². The van der Waals surface area contributed by atoms with Crippen LogP contribution in [-0.2, 0) is 13.6 Å². The predicted molar refractivity (Wildman–Crippen MR) is 91.7 cm³/mol. The molecule has 6 nitrogen and oxygen atoms in total. The topological polar surface area (TPSA) is 63.4 Å². The van der Waals surface area contributed by atoms with Crippen molar-refractivity contribution in [2.75, 3.05) is 13.7 Å². The maximum absolute atomic E-state index is 10.5. The standard InChI is InChI=1S/C18H26N4O2/c1-13-7-17(24-3)8-15(20-13)12-22-6-4-5-16(22)9-18(23)14-10-19-21(2)11-14/h7-8,10-11,16,18,23H,4-6,9,12H2,1-3H3. The Morgan fingerprint density at radius 2 is 2.25 bits per heavy atom. The quantitative estimate of drug-likeness (QED) is 0.880. The van der Waals surface area contributed by atoms with Gasteiger partial charge in [-0.1, -0.05) is 0 Å². The molecule has 0 spiro atoms. The molecular formula is C18H26N4O2. The number of hydrogen-bond donors (Lipinski definition) is 1. The van der Waals surface area contributed by atoms with E-state index in [1.54, 1.807) is 18.0 Å². The van der Waals surface area contributed by atoms with E-state index in [0.29, 0.717) is 6.04 Å². The zero-order chi connectivity index (χ0) is 17.1. The lowest BCUT2D eigenvalue weighted by molar-refractivity contribution is 0.117. The summed E-state index contributed by atoms with van der Waals surface area (Å²) < 4.78 is 7.07. The van der Waals surface area contributed by atoms with Crippen LogP contribution in [0.2, 0.25) is 0 Å². The van der Waals surface area contributed by atoms with Gasteiger partial charge in [-0.2, -0.15) is 5.10 Å². The van der Waals surface area contributed by atoms with Crippen LogP contribution in [0.4, 0.5) is 0 Å². The number of hydrogen-bond acceptors (Lipinski definition) is 5. The van der Waals surface area contributed by atoms with E-state index < -0.39 is 6.10 Å². The van der Waals surface area contributed by atoms with Gasteiger partial charge >= 0.3 is 0 Å². The van der Waals surface area contributed by atoms with Crippen LogP contribution in [0.3, 0.4) is 0 Å². The summed E-state index contributed by atoms with van der Waals surface area (Å²) in [5.41, 5.74) is 2.88. The molecule has 0 amide bonds. The Balaban J connectivity index is 1.66. The van der Waals surface area contributed by atoms with Gasteiger partial charge in [0.2, 0.25) is 0 Å². The summed E-state index contributed by atoms with van der Waals surface area (Å²) in [6, 6.07) is 4.31. The minimum Gasteiger partial charge on any atom is -0.497 e. The average molecular weight is 330 g/mol. The van der Waals surface area contributed by atoms with Gasteiger partial charge in [0.15, 0.2) is 0 Å². The fourth-order valence-corrected chi connectivity index (χ4v) is 3.49. The van der Waals surface area contributed by atoms with Gasteiger partial charge in [0.05, 0.1) is 25.1 Å². The molecule has 3 heterocycles. The van der Waals surface area contributed by atoms with Crippen molar-refractivity contribution in [3.05, 3.63) is 41.5 Å². The number of methoxy groups -OCH3 is 1. The van der Waals surface area contributed by atoms with E-state index in [2.05, 4.69) is 15.0 Å². The number of likely N-dealkylation sites (tertiary alicyclic amines) is 1. The smallest absolute Gasteiger partial charge is 0.122 e. The van der Waals surface area contributed by atoms with Gasteiger partial charge in [-0.15, -0.1) is 0 Å². The van der Waals surface area contributed by atoms with Crippen LogP contribution in [0.5, 0.6) is 5.75 Å². The molecule has 0 bridgehead atoms. The molecule has 1 saturated heterocycles. The first-order valence-corrected chi connectivity index (χ1v) is 8.47. The molecule has 2 atom stereocenters. The van der Waals surface area contributed by atoms with Crippen LogP contribution in [0.25, 0.3) is 0 Å². The van der Waals surface area contributed by atoms with Crippen LogP contribution in [0.15, 0.2) is 24.5 Å². The summed E-state index contributed by atoms with van der Waals surface area (Å²) in [7, 11) is 3.55. The number of aromatic nitrogens is 3. The summed E-state index contributed by atoms with van der Waals surface area (Å²) in [4.78, 5) is 7.04. The lowest BCUT2D eigenvalue weighted by Crippen LogP contribution is -2.30. The fraction of sp³-hybridized carbons (Fsp3) is 0.556. The van der Waals surface area contributed by atoms with Crippen LogP contribution < -0.4 is 4.74 Å². The summed E-state index contributed by atoms with van der Waals surface area (Å²) in [6.07, 6.45) is 6.17. The highest BCUT2D eigenvalue weighted by atomic mass is 16.5. The van der Waals surface area contributed by atoms with Gasteiger partial charge in [0.25, 0.3) is 0 Å². The third-order valence-corrected chi connectivity index (χ3v) is 4.68. The van der Waals surface area contributed by atoms with Gasteiger partial charge in [0, 0.05) is 49.2 Å². The highest BCUT2D eigenvalue weighted by Crippen LogP contribution is 2.28. The molecule has 1 fully saturated rings. The minimum atomic E-state index is -0.468. The van der Waals surface area contributed by atoms with E-state index in [0.717, 1.165) is 55.1 Å². The van der Waals surface area contributed by atoms with Crippen molar-refractivity contribution in [3.8, 4) is 5.75 Å². The Morgan fingerprint density at radius 1 is 1.42 bits per heavy atom. The highest BCUT2D eigenvalue weighted by Gasteiger charge is 2.28. The number of pyridine rings is 1. The molecule has 0 aliphatic carbocycles. The van der Waals surface area contributed by atoms with Crippen molar-refractivity contribution in [2.24, 2.45) is 7.05 Å². The largest absolute Gasteiger partial charge is 0.497 e. The summed E-state index contributed by atoms with van der Waals surface area (Å²) in [6.45, 7) is 3.82. The zero-order valence-corrected chi connectivity index (χ0v) is 14.6. The van der Waals surface area contributed by atoms with Crippen LogP contribution in [0.1, 0.15) is 42.3 Å². The summed E-state index contributed by atoms with van der Waals surface area (Å²) >= 11 is 0. The van der Waals surface area contributed by atoms with E-state index in [4.69, 9.17) is 4.74 Å². The van der Waals surface area contributed by atoms with Crippen molar-refractivity contribution < 1.29 is 9.84 Å². The molecule has 2 aromatic heterocycles. The molecule has 2 unspecified atom stereocenters. The van der Waals surface area contributed by atoms with Gasteiger partial charge in [-0.05, 0) is 32.7 Å². The Bertz CT molecular complexity index is 685. The number of aliphatic hydroxyl groups is 1. The molecule has 1 aliphatic rings. The second-order valence-electron chi connectivity index (χ2n) is 6.61. The lowest BCUT2D eigenvalue weighted by atomic mass is 10.0. The first-order valence-electron chi connectivity index (χ1n) is 8.47. The molecule has 6 heteroatoms. The zero-order valence-electron chi connectivity index (χ0n) is 14.6. The van der Waals surface area contributed by atoms with Crippen molar-refractivity contribution in [1.29, 1.82) is 0 Å². The van der Waals surface area contributed by atoms with Gasteiger partial charge in [0.1, 0.15) is 5.75 Å². The Morgan fingerprint density at radius 3 is 2.96 bits per heavy atom. The molecule has 1 aliphatic heterocycles. The van der Waals surface area contributed by atoms with E-state index in [-0.39, 0.29) is 0 Å². The number of aryl methyl sites for hydroxylation is 2. The highest BCUT2D eigenvalue weighted by molar-refractivity contribution is 5.26. The molecule has 0 saturated carbocycles. The number of aliphatic hydroxyl groups excluding tert-OH is 1. The maximum atomic E-state index is 10.5. The molecule has 130 valence electrons. The lowest BCUT2D eigenvalue weighted by Gasteiger charge is -2.26. The normalized spacial score (nSPS) is 19.6. The molecule has 24 heavy (non-hydrogen) atoms. The third kappa shape index (κ3) is 3.94. The monoisotopic (exact) mass is 330 g/mol. The van der Waals surface area contributed by atoms with Gasteiger partial charge < -0.3 is 9.84 Å². The third-order valence-electron chi connectivity index (χ3n) is 4.68. The molecular weight excluding hydrogens is 304 g/mol. The van der Waals surface area contributed by atoms with Gasteiger partial charge in [-0.25, -0.2) is 0 Å². The molecule has 1 N–H and O–H groups in total. The summed E-state index contributed by atoms with van der Waals surface area (Å²) in [5.74, 6) is 0.851. The Labute approximate surface area is 143 Å². The second kappa shape index (κ2) is 7.32. The predicted octanol–water partition coefficient (Wildman–Crippen LogP) is 2.22. The number of ether oxygens (including phenoxy) is 1. The van der Waals surface area contributed by atoms with E-state index in [1.807, 2.05) is 32.3 Å². The average Bonchev–Trinajstić information content (AvgIpc) is 3.16. The molecule has 2 aromatic rings. The van der Waals surface area contributed by atoms with Crippen molar-refractivity contribution in [1.82, 2.24) is 19.7 Å². The van der Waals surface area contributed by atoms with Crippen LogP contribution in [-0.4, -0.2) is 44.5 Å². The maximum Gasteiger partial charge on any atom is 0.122 e. The minimum absolute atomic E-state index is 0.369. The SMILES string of the molecule is COc1cc(C)nc(CN2CCCC2CC(O)c2cnn(C)c2)c1. The molecule has 0 aromatic carbocycles. The van der Waals surface area contributed by atoms with Gasteiger partial charge in [-0.3, -0.25) is 14.6 Å². The molecule has 3 rings (SSSR count). The fourth-order valence-electron chi connectivity index (χ4n) is 3.49. The number of nitrogens with zero attached hydrogens (tertiary/aromatic N) is 4. The van der Waals surface area contributed by atoms with Crippen molar-refractivity contribution in [2.45, 2.75) is 44.9 Å². The molecule has 0 radical (unpaired) electrons. The van der Waals surface area contributed by atoms with Crippen molar-refractivity contribution >= 4 is 0 Å². The number of rotatable bonds is 6. The first-order chi connectivity index (χ1) is 11.5. The first kappa shape index (κ1) is 16.9. The van der Waals surface area contributed by atoms with E-state index >= 15 is 0 Å². The Kier molecular flexibility index (Phi) is 5.16. The van der Waals surface area contributed by atoms with Crippen LogP contribution >= 0.6 is 0 Å². The second-order valence-corrected chi connectivity index (χ2v) is 6.61. The van der Waals surface area contributed by atoms with Crippen molar-refractivity contribution in [3.63, 3.8) is 0 Å². The summed E-state index contributed by atoms with van der Waals surface area (Å²) in [5, 5.41) is 14.6. The van der Waals surface area contributed by atoms with E-state index in [1.165, 1.54) is 0 Å².